The second-order valence-electron chi connectivity index (χ2n) is 4.26. The summed E-state index contributed by atoms with van der Waals surface area (Å²) < 4.78 is 7.03. The minimum atomic E-state index is 0.604. The van der Waals surface area contributed by atoms with Crippen LogP contribution in [0.5, 0.6) is 0 Å². The molecule has 0 fully saturated rings. The van der Waals surface area contributed by atoms with Crippen LogP contribution in [0.1, 0.15) is 10.6 Å². The molecule has 4 aromatic heterocycles. The van der Waals surface area contributed by atoms with E-state index < -0.39 is 0 Å². The summed E-state index contributed by atoms with van der Waals surface area (Å²) in [4.78, 5) is 4.80. The molecule has 7 heteroatoms. The summed E-state index contributed by atoms with van der Waals surface area (Å²) in [6, 6.07) is 7.53. The van der Waals surface area contributed by atoms with Gasteiger partial charge < -0.3 is 4.42 Å². The molecule has 0 unspecified atom stereocenters. The fraction of sp³-hybridized carbons (Fsp3) is 0. The van der Waals surface area contributed by atoms with Crippen LogP contribution in [0.3, 0.4) is 0 Å². The first-order chi connectivity index (χ1) is 10.4. The van der Waals surface area contributed by atoms with Crippen molar-refractivity contribution in [2.45, 2.75) is 0 Å². The molecule has 4 heterocycles. The minimum absolute atomic E-state index is 0.604. The fourth-order valence-corrected chi connectivity index (χ4v) is 2.64. The molecule has 4 aromatic rings. The predicted octanol–water partition coefficient (Wildman–Crippen LogP) is 3.01. The molecule has 0 amide bonds. The Morgan fingerprint density at radius 1 is 1.14 bits per heavy atom. The third-order valence-corrected chi connectivity index (χ3v) is 3.71. The molecule has 0 aliphatic carbocycles. The highest BCUT2D eigenvalue weighted by atomic mass is 32.1. The molecule has 0 atom stereocenters. The number of pyridine rings is 1. The number of hydrogen-bond acceptors (Lipinski definition) is 6. The zero-order valence-corrected chi connectivity index (χ0v) is 11.6. The van der Waals surface area contributed by atoms with Crippen molar-refractivity contribution >= 4 is 28.4 Å². The molecule has 0 aliphatic rings. The minimum Gasteiger partial charge on any atom is -0.461 e. The lowest BCUT2D eigenvalue weighted by Gasteiger charge is -1.90. The van der Waals surface area contributed by atoms with Crippen molar-refractivity contribution in [1.82, 2.24) is 24.8 Å². The molecule has 0 radical (unpaired) electrons. The number of fused-ring (bicyclic) bond motifs is 1. The highest BCUT2D eigenvalue weighted by Gasteiger charge is 2.14. The van der Waals surface area contributed by atoms with Gasteiger partial charge in [-0.2, -0.15) is 9.61 Å². The number of furan rings is 1. The van der Waals surface area contributed by atoms with E-state index in [9.17, 15) is 0 Å². The van der Waals surface area contributed by atoms with Gasteiger partial charge in [0.2, 0.25) is 10.8 Å². The summed E-state index contributed by atoms with van der Waals surface area (Å²) in [5, 5.41) is 13.5. The van der Waals surface area contributed by atoms with Gasteiger partial charge in [0.1, 0.15) is 5.01 Å². The van der Waals surface area contributed by atoms with Gasteiger partial charge in [-0.25, -0.2) is 0 Å². The van der Waals surface area contributed by atoms with Crippen molar-refractivity contribution in [2.24, 2.45) is 0 Å². The van der Waals surface area contributed by atoms with E-state index >= 15 is 0 Å². The summed E-state index contributed by atoms with van der Waals surface area (Å²) in [5.41, 5.74) is 1.02. The van der Waals surface area contributed by atoms with Gasteiger partial charge in [0.15, 0.2) is 5.76 Å². The number of hydrogen-bond donors (Lipinski definition) is 0. The maximum atomic E-state index is 5.34. The quantitative estimate of drug-likeness (QED) is 0.581. The third kappa shape index (κ3) is 2.23. The van der Waals surface area contributed by atoms with Crippen LogP contribution >= 0.6 is 11.3 Å². The molecular formula is C14H9N5OS. The molecule has 0 saturated heterocycles. The average molecular weight is 295 g/mol. The molecule has 0 bridgehead atoms. The van der Waals surface area contributed by atoms with E-state index in [1.807, 2.05) is 36.4 Å². The Morgan fingerprint density at radius 2 is 2.14 bits per heavy atom. The molecule has 0 spiro atoms. The third-order valence-electron chi connectivity index (χ3n) is 2.85. The molecule has 21 heavy (non-hydrogen) atoms. The first-order valence-corrected chi connectivity index (χ1v) is 7.06. The van der Waals surface area contributed by atoms with Crippen LogP contribution in [-0.4, -0.2) is 24.8 Å². The van der Waals surface area contributed by atoms with Gasteiger partial charge in [-0.1, -0.05) is 23.5 Å². The summed E-state index contributed by atoms with van der Waals surface area (Å²) in [5.74, 6) is 1.25. The first kappa shape index (κ1) is 12.0. The van der Waals surface area contributed by atoms with E-state index in [4.69, 9.17) is 4.42 Å². The molecule has 6 nitrogen and oxygen atoms in total. The monoisotopic (exact) mass is 295 g/mol. The Kier molecular flexibility index (Phi) is 2.82. The molecule has 4 rings (SSSR count). The van der Waals surface area contributed by atoms with Gasteiger partial charge in [0.25, 0.3) is 0 Å². The lowest BCUT2D eigenvalue weighted by molar-refractivity contribution is 0.575. The molecule has 102 valence electrons. The summed E-state index contributed by atoms with van der Waals surface area (Å²) in [6.45, 7) is 0. The molecule has 0 N–H and O–H groups in total. The highest BCUT2D eigenvalue weighted by Crippen LogP contribution is 2.22. The van der Waals surface area contributed by atoms with Gasteiger partial charge in [0.05, 0.1) is 6.26 Å². The summed E-state index contributed by atoms with van der Waals surface area (Å²) in [6.07, 6.45) is 9.04. The van der Waals surface area contributed by atoms with Crippen molar-refractivity contribution in [3.05, 3.63) is 53.5 Å². The standard InChI is InChI=1S/C14H9N5OS/c1-3-10(9-15-7-1)5-6-12-18-19-13(11-4-2-8-20-11)16-17-14(19)21-12/h1-9H. The summed E-state index contributed by atoms with van der Waals surface area (Å²) >= 11 is 1.46. The fourth-order valence-electron chi connectivity index (χ4n) is 1.90. The highest BCUT2D eigenvalue weighted by molar-refractivity contribution is 7.17. The van der Waals surface area contributed by atoms with Crippen LogP contribution in [0.2, 0.25) is 0 Å². The van der Waals surface area contributed by atoms with Gasteiger partial charge in [0, 0.05) is 12.4 Å². The van der Waals surface area contributed by atoms with Gasteiger partial charge in [-0.15, -0.1) is 10.2 Å². The van der Waals surface area contributed by atoms with Crippen LogP contribution in [0.15, 0.2) is 47.3 Å². The Labute approximate surface area is 123 Å². The number of aromatic nitrogens is 5. The SMILES string of the molecule is C(=Cc1nn2c(-c3ccco3)nnc2s1)c1cccnc1. The maximum Gasteiger partial charge on any atom is 0.235 e. The van der Waals surface area contributed by atoms with Crippen LogP contribution < -0.4 is 0 Å². The maximum absolute atomic E-state index is 5.34. The normalized spacial score (nSPS) is 11.6. The number of nitrogens with zero attached hydrogens (tertiary/aromatic N) is 5. The van der Waals surface area contributed by atoms with E-state index in [-0.39, 0.29) is 0 Å². The Hall–Kier alpha value is -2.80. The Morgan fingerprint density at radius 3 is 2.95 bits per heavy atom. The van der Waals surface area contributed by atoms with Gasteiger partial charge >= 0.3 is 0 Å². The Balaban J connectivity index is 1.70. The number of rotatable bonds is 3. The predicted molar refractivity (Wildman–Crippen MR) is 79.5 cm³/mol. The largest absolute Gasteiger partial charge is 0.461 e. The van der Waals surface area contributed by atoms with Crippen LogP contribution in [0.25, 0.3) is 28.7 Å². The second-order valence-corrected chi connectivity index (χ2v) is 5.24. The van der Waals surface area contributed by atoms with E-state index in [0.717, 1.165) is 15.5 Å². The second kappa shape index (κ2) is 4.95. The Bertz CT molecular complexity index is 892. The van der Waals surface area contributed by atoms with Crippen LogP contribution in [0, 0.1) is 0 Å². The topological polar surface area (TPSA) is 69.1 Å². The zero-order chi connectivity index (χ0) is 14.1. The van der Waals surface area contributed by atoms with Crippen molar-refractivity contribution in [1.29, 1.82) is 0 Å². The average Bonchev–Trinajstić information content (AvgIpc) is 3.22. The van der Waals surface area contributed by atoms with E-state index in [1.165, 1.54) is 11.3 Å². The smallest absolute Gasteiger partial charge is 0.235 e. The first-order valence-electron chi connectivity index (χ1n) is 6.24. The van der Waals surface area contributed by atoms with Gasteiger partial charge in [-0.05, 0) is 29.8 Å². The van der Waals surface area contributed by atoms with E-state index in [1.54, 1.807) is 23.2 Å². The van der Waals surface area contributed by atoms with E-state index in [0.29, 0.717) is 11.6 Å². The van der Waals surface area contributed by atoms with Crippen molar-refractivity contribution in [2.75, 3.05) is 0 Å². The van der Waals surface area contributed by atoms with E-state index in [2.05, 4.69) is 20.3 Å². The molecule has 0 saturated carbocycles. The lowest BCUT2D eigenvalue weighted by Crippen LogP contribution is -1.89. The van der Waals surface area contributed by atoms with Crippen molar-refractivity contribution < 1.29 is 4.42 Å². The zero-order valence-electron chi connectivity index (χ0n) is 10.7. The van der Waals surface area contributed by atoms with Crippen molar-refractivity contribution in [3.8, 4) is 11.6 Å². The lowest BCUT2D eigenvalue weighted by atomic mass is 10.3. The van der Waals surface area contributed by atoms with Crippen LogP contribution in [-0.2, 0) is 0 Å². The molecule has 0 aliphatic heterocycles. The van der Waals surface area contributed by atoms with Crippen LogP contribution in [0.4, 0.5) is 0 Å². The molecule has 0 aromatic carbocycles. The van der Waals surface area contributed by atoms with Crippen molar-refractivity contribution in [3.63, 3.8) is 0 Å². The van der Waals surface area contributed by atoms with Gasteiger partial charge in [-0.3, -0.25) is 4.98 Å². The molecular weight excluding hydrogens is 286 g/mol. The summed E-state index contributed by atoms with van der Waals surface area (Å²) in [7, 11) is 0.